The lowest BCUT2D eigenvalue weighted by atomic mass is 10.3. The van der Waals surface area contributed by atoms with Gasteiger partial charge in [-0.25, -0.2) is 4.98 Å². The second kappa shape index (κ2) is 6.26. The summed E-state index contributed by atoms with van der Waals surface area (Å²) in [5.74, 6) is 1.47. The molecule has 0 unspecified atom stereocenters. The number of likely N-dealkylation sites (tertiary alicyclic amines) is 1. The number of nitrogens with zero attached hydrogens (tertiary/aromatic N) is 3. The molecule has 0 atom stereocenters. The van der Waals surface area contributed by atoms with Gasteiger partial charge in [-0.1, -0.05) is 0 Å². The molecule has 0 aromatic carbocycles. The highest BCUT2D eigenvalue weighted by Crippen LogP contribution is 2.26. The summed E-state index contributed by atoms with van der Waals surface area (Å²) in [6.45, 7) is 4.81. The average Bonchev–Trinajstić information content (AvgIpc) is 3.15. The first-order chi connectivity index (χ1) is 10.3. The van der Waals surface area contributed by atoms with Crippen LogP contribution in [0.2, 0.25) is 0 Å². The summed E-state index contributed by atoms with van der Waals surface area (Å²) in [7, 11) is 0. The molecule has 6 nitrogen and oxygen atoms in total. The maximum absolute atomic E-state index is 12.1. The molecule has 0 aliphatic carbocycles. The number of thiophene rings is 1. The van der Waals surface area contributed by atoms with E-state index < -0.39 is 0 Å². The zero-order valence-corrected chi connectivity index (χ0v) is 12.9. The van der Waals surface area contributed by atoms with Crippen molar-refractivity contribution in [1.82, 2.24) is 14.9 Å². The molecule has 3 heterocycles. The van der Waals surface area contributed by atoms with Gasteiger partial charge in [-0.05, 0) is 31.2 Å². The van der Waals surface area contributed by atoms with E-state index in [1.54, 1.807) is 11.3 Å². The first-order valence-corrected chi connectivity index (χ1v) is 8.16. The summed E-state index contributed by atoms with van der Waals surface area (Å²) >= 11 is 1.57. The fourth-order valence-electron chi connectivity index (χ4n) is 2.46. The quantitative estimate of drug-likeness (QED) is 0.886. The number of hydrogen-bond acceptors (Lipinski definition) is 6. The monoisotopic (exact) mass is 305 g/mol. The number of carbonyl (C=O) groups is 1. The molecule has 1 amide bonds. The number of hydrogen-bond donors (Lipinski definition) is 2. The van der Waals surface area contributed by atoms with Crippen LogP contribution in [0.5, 0.6) is 0 Å². The Hall–Kier alpha value is -1.89. The third-order valence-corrected chi connectivity index (χ3v) is 4.33. The molecule has 1 aliphatic rings. The van der Waals surface area contributed by atoms with Crippen molar-refractivity contribution in [3.05, 3.63) is 11.4 Å². The Morgan fingerprint density at radius 1 is 1.33 bits per heavy atom. The molecule has 21 heavy (non-hydrogen) atoms. The van der Waals surface area contributed by atoms with Crippen LogP contribution in [-0.4, -0.2) is 47.0 Å². The van der Waals surface area contributed by atoms with E-state index in [9.17, 15) is 4.79 Å². The van der Waals surface area contributed by atoms with Gasteiger partial charge in [0.25, 0.3) is 0 Å². The number of nitrogens with one attached hydrogen (secondary N) is 2. The van der Waals surface area contributed by atoms with E-state index >= 15 is 0 Å². The highest BCUT2D eigenvalue weighted by Gasteiger charge is 2.18. The van der Waals surface area contributed by atoms with Crippen molar-refractivity contribution >= 4 is 39.2 Å². The first-order valence-electron chi connectivity index (χ1n) is 7.28. The van der Waals surface area contributed by atoms with E-state index in [2.05, 4.69) is 20.6 Å². The van der Waals surface area contributed by atoms with E-state index in [1.165, 1.54) is 0 Å². The molecule has 0 bridgehead atoms. The number of amides is 1. The van der Waals surface area contributed by atoms with Crippen LogP contribution < -0.4 is 10.6 Å². The largest absolute Gasteiger partial charge is 0.360 e. The van der Waals surface area contributed by atoms with Crippen LogP contribution in [0.25, 0.3) is 10.2 Å². The van der Waals surface area contributed by atoms with Gasteiger partial charge < -0.3 is 15.5 Å². The molecule has 0 spiro atoms. The van der Waals surface area contributed by atoms with Crippen molar-refractivity contribution in [2.75, 3.05) is 36.8 Å². The molecule has 7 heteroatoms. The lowest BCUT2D eigenvalue weighted by molar-refractivity contribution is -0.128. The third kappa shape index (κ3) is 3.07. The smallest absolute Gasteiger partial charge is 0.241 e. The molecule has 2 aromatic rings. The van der Waals surface area contributed by atoms with Gasteiger partial charge in [0, 0.05) is 19.6 Å². The lowest BCUT2D eigenvalue weighted by Gasteiger charge is -2.16. The Morgan fingerprint density at radius 2 is 2.14 bits per heavy atom. The fourth-order valence-corrected chi connectivity index (χ4v) is 3.23. The van der Waals surface area contributed by atoms with Gasteiger partial charge >= 0.3 is 0 Å². The summed E-state index contributed by atoms with van der Waals surface area (Å²) in [4.78, 5) is 23.9. The molecule has 2 aromatic heterocycles. The van der Waals surface area contributed by atoms with E-state index in [0.717, 1.165) is 48.5 Å². The van der Waals surface area contributed by atoms with E-state index in [0.29, 0.717) is 5.95 Å². The van der Waals surface area contributed by atoms with Gasteiger partial charge in [-0.15, -0.1) is 11.3 Å². The summed E-state index contributed by atoms with van der Waals surface area (Å²) in [5.41, 5.74) is 0. The minimum atomic E-state index is 0.138. The molecular weight excluding hydrogens is 286 g/mol. The van der Waals surface area contributed by atoms with E-state index in [1.807, 2.05) is 23.3 Å². The number of anilines is 2. The van der Waals surface area contributed by atoms with Gasteiger partial charge in [-0.2, -0.15) is 4.98 Å². The molecule has 2 N–H and O–H groups in total. The Kier molecular flexibility index (Phi) is 4.19. The van der Waals surface area contributed by atoms with Crippen LogP contribution in [0.3, 0.4) is 0 Å². The highest BCUT2D eigenvalue weighted by molar-refractivity contribution is 7.16. The second-order valence-electron chi connectivity index (χ2n) is 5.01. The predicted molar refractivity (Wildman–Crippen MR) is 85.9 cm³/mol. The van der Waals surface area contributed by atoms with Crippen molar-refractivity contribution < 1.29 is 4.79 Å². The molecule has 1 saturated heterocycles. The number of fused-ring (bicyclic) bond motifs is 1. The minimum Gasteiger partial charge on any atom is -0.360 e. The summed E-state index contributed by atoms with van der Waals surface area (Å²) in [6.07, 6.45) is 2.22. The SMILES string of the molecule is CCNc1nc(NCC(=O)N2CCCC2)c2ccsc2n1. The Morgan fingerprint density at radius 3 is 2.90 bits per heavy atom. The van der Waals surface area contributed by atoms with Crippen LogP contribution in [0, 0.1) is 0 Å². The van der Waals surface area contributed by atoms with Crippen molar-refractivity contribution in [3.8, 4) is 0 Å². The summed E-state index contributed by atoms with van der Waals surface area (Å²) < 4.78 is 0. The Balaban J connectivity index is 1.75. The lowest BCUT2D eigenvalue weighted by Crippen LogP contribution is -2.33. The number of carbonyl (C=O) groups excluding carboxylic acids is 1. The molecule has 1 fully saturated rings. The van der Waals surface area contributed by atoms with Gasteiger partial charge in [-0.3, -0.25) is 4.79 Å². The summed E-state index contributed by atoms with van der Waals surface area (Å²) in [6, 6.07) is 1.98. The van der Waals surface area contributed by atoms with E-state index in [-0.39, 0.29) is 12.5 Å². The van der Waals surface area contributed by atoms with Gasteiger partial charge in [0.1, 0.15) is 10.6 Å². The molecule has 112 valence electrons. The van der Waals surface area contributed by atoms with Gasteiger partial charge in [0.15, 0.2) is 0 Å². The Bertz CT molecular complexity index is 635. The van der Waals surface area contributed by atoms with Gasteiger partial charge in [0.05, 0.1) is 11.9 Å². The summed E-state index contributed by atoms with van der Waals surface area (Å²) in [5, 5.41) is 9.25. The van der Waals surface area contributed by atoms with Crippen LogP contribution in [0.4, 0.5) is 11.8 Å². The average molecular weight is 305 g/mol. The third-order valence-electron chi connectivity index (χ3n) is 3.53. The molecule has 0 saturated carbocycles. The van der Waals surface area contributed by atoms with Crippen LogP contribution in [-0.2, 0) is 4.79 Å². The highest BCUT2D eigenvalue weighted by atomic mass is 32.1. The van der Waals surface area contributed by atoms with Crippen molar-refractivity contribution in [2.24, 2.45) is 0 Å². The first kappa shape index (κ1) is 14.1. The van der Waals surface area contributed by atoms with E-state index in [4.69, 9.17) is 0 Å². The molecule has 0 radical (unpaired) electrons. The second-order valence-corrected chi connectivity index (χ2v) is 5.90. The predicted octanol–water partition coefficient (Wildman–Crippen LogP) is 2.16. The van der Waals surface area contributed by atoms with Crippen LogP contribution in [0.1, 0.15) is 19.8 Å². The van der Waals surface area contributed by atoms with Gasteiger partial charge in [0.2, 0.25) is 11.9 Å². The molecule has 1 aliphatic heterocycles. The normalized spacial score (nSPS) is 14.6. The minimum absolute atomic E-state index is 0.138. The molecule has 3 rings (SSSR count). The van der Waals surface area contributed by atoms with Crippen molar-refractivity contribution in [1.29, 1.82) is 0 Å². The van der Waals surface area contributed by atoms with Crippen LogP contribution in [0.15, 0.2) is 11.4 Å². The number of aromatic nitrogens is 2. The number of rotatable bonds is 5. The Labute approximate surface area is 127 Å². The fraction of sp³-hybridized carbons (Fsp3) is 0.500. The maximum Gasteiger partial charge on any atom is 0.241 e. The standard InChI is InChI=1S/C14H19N5OS/c1-2-15-14-17-12(10-5-8-21-13(10)18-14)16-9-11(20)19-6-3-4-7-19/h5,8H,2-4,6-7,9H2,1H3,(H2,15,16,17,18). The zero-order valence-electron chi connectivity index (χ0n) is 12.1. The van der Waals surface area contributed by atoms with Crippen molar-refractivity contribution in [2.45, 2.75) is 19.8 Å². The topological polar surface area (TPSA) is 70.2 Å². The maximum atomic E-state index is 12.1. The molecular formula is C14H19N5OS. The van der Waals surface area contributed by atoms with Crippen molar-refractivity contribution in [3.63, 3.8) is 0 Å². The van der Waals surface area contributed by atoms with Crippen LogP contribution >= 0.6 is 11.3 Å². The zero-order chi connectivity index (χ0) is 14.7.